The van der Waals surface area contributed by atoms with E-state index in [-0.39, 0.29) is 73.3 Å². The van der Waals surface area contributed by atoms with Crippen molar-refractivity contribution in [3.63, 3.8) is 0 Å². The number of hydrogen-bond acceptors (Lipinski definition) is 20. The van der Waals surface area contributed by atoms with Crippen LogP contribution in [0.4, 0.5) is 0 Å². The highest BCUT2D eigenvalue weighted by Crippen LogP contribution is 2.45. The summed E-state index contributed by atoms with van der Waals surface area (Å²) in [4.78, 5) is 69.9. The molecule has 536 valence electrons. The molecule has 0 saturated heterocycles. The second-order valence-electron chi connectivity index (χ2n) is 21.4. The summed E-state index contributed by atoms with van der Waals surface area (Å²) in [6.07, 6.45) is 0. The van der Waals surface area contributed by atoms with Crippen LogP contribution in [0.5, 0.6) is 34.9 Å². The van der Waals surface area contributed by atoms with Crippen LogP contribution < -0.4 is 14.2 Å². The number of hydrogen-bond donors (Lipinski definition) is 2. The SMILES string of the molecule is CC(=O)OCCl.CC(=O)OCOC(=O)c1[nH]nnc1Oc1ccc(Cl)c(Cl)c1.CC(=O)OCOC(=O)c1c(Oc2ccc(Cl)c(Cl)c2)nnn1C(c1ccccc1)(c1ccccc1)c1ccccc1.O=C(O)c1c(Oc2ccc(Cl)c(Cl)c2)nnn1C(c1ccccc1)(c1ccccc1)c1ccccc1. The van der Waals surface area contributed by atoms with Crippen molar-refractivity contribution in [3.05, 3.63) is 317 Å². The van der Waals surface area contributed by atoms with Gasteiger partial charge < -0.3 is 43.0 Å². The van der Waals surface area contributed by atoms with E-state index in [4.69, 9.17) is 110 Å². The Balaban J connectivity index is 0.000000182. The molecule has 0 spiro atoms. The maximum Gasteiger partial charge on any atom is 0.365 e. The molecule has 0 saturated carbocycles. The van der Waals surface area contributed by atoms with E-state index >= 15 is 0 Å². The fraction of sp³-hybridized carbons (Fsp3) is 0.108. The Labute approximate surface area is 633 Å². The second-order valence-corrected chi connectivity index (χ2v) is 24.0. The van der Waals surface area contributed by atoms with E-state index in [1.54, 1.807) is 24.3 Å². The second kappa shape index (κ2) is 37.2. The number of carboxylic acids is 1. The molecule has 3 aromatic heterocycles. The molecule has 0 unspecified atom stereocenters. The zero-order valence-corrected chi connectivity index (χ0v) is 60.3. The number of aromatic carboxylic acids is 1. The van der Waals surface area contributed by atoms with Gasteiger partial charge in [-0.05, 0) is 69.8 Å². The Morgan fingerprint density at radius 2 is 0.686 bits per heavy atom. The predicted octanol–water partition coefficient (Wildman–Crippen LogP) is 17.1. The minimum atomic E-state index is -1.25. The maximum atomic E-state index is 13.7. The molecule has 12 rings (SSSR count). The van der Waals surface area contributed by atoms with Gasteiger partial charge in [0.25, 0.3) is 17.6 Å². The quantitative estimate of drug-likeness (QED) is 0.0209. The van der Waals surface area contributed by atoms with Gasteiger partial charge in [-0.1, -0.05) is 294 Å². The highest BCUT2D eigenvalue weighted by Gasteiger charge is 2.46. The lowest BCUT2D eigenvalue weighted by Crippen LogP contribution is -2.40. The number of nitrogens with one attached hydrogen (secondary N) is 1. The first kappa shape index (κ1) is 77.8. The number of benzene rings is 9. The number of carboxylic acid groups (broad SMARTS) is 1. The van der Waals surface area contributed by atoms with Crippen LogP contribution in [0.15, 0.2) is 237 Å². The molecule has 0 radical (unpaired) electrons. The number of rotatable bonds is 22. The smallest absolute Gasteiger partial charge is 0.365 e. The van der Waals surface area contributed by atoms with E-state index in [1.165, 1.54) is 60.5 Å². The summed E-state index contributed by atoms with van der Waals surface area (Å²) in [5, 5.41) is 38.9. The molecule has 12 aromatic rings. The summed E-state index contributed by atoms with van der Waals surface area (Å²) in [5.41, 5.74) is 1.92. The Morgan fingerprint density at radius 1 is 0.381 bits per heavy atom. The number of halogens is 7. The molecule has 0 aliphatic carbocycles. The number of carbonyl (C=O) groups excluding carboxylic acids is 5. The van der Waals surface area contributed by atoms with Gasteiger partial charge in [-0.25, -0.2) is 28.8 Å². The third kappa shape index (κ3) is 19.3. The molecule has 2 N–H and O–H groups in total. The van der Waals surface area contributed by atoms with Crippen LogP contribution in [0.2, 0.25) is 30.1 Å². The Morgan fingerprint density at radius 3 is 0.981 bits per heavy atom. The fourth-order valence-corrected chi connectivity index (χ4v) is 11.3. The van der Waals surface area contributed by atoms with Gasteiger partial charge in [0.2, 0.25) is 30.7 Å². The zero-order valence-electron chi connectivity index (χ0n) is 55.0. The number of ether oxygens (including phenoxy) is 8. The van der Waals surface area contributed by atoms with Crippen molar-refractivity contribution in [2.24, 2.45) is 0 Å². The summed E-state index contributed by atoms with van der Waals surface area (Å²) < 4.78 is 43.7. The fourth-order valence-electron chi connectivity index (χ4n) is 10.2. The number of carbonyl (C=O) groups is 6. The zero-order chi connectivity index (χ0) is 75.0. The maximum absolute atomic E-state index is 13.7. The van der Waals surface area contributed by atoms with Crippen molar-refractivity contribution in [1.82, 2.24) is 45.4 Å². The Bertz CT molecular complexity index is 4760. The summed E-state index contributed by atoms with van der Waals surface area (Å²) in [6.45, 7) is 2.57. The third-order valence-corrected chi connectivity index (χ3v) is 17.0. The van der Waals surface area contributed by atoms with Gasteiger partial charge in [-0.3, -0.25) is 14.4 Å². The minimum Gasteiger partial charge on any atom is -0.476 e. The first-order chi connectivity index (χ1) is 50.7. The molecule has 0 aliphatic rings. The number of aromatic nitrogens is 9. The van der Waals surface area contributed by atoms with Crippen LogP contribution in [0.1, 0.15) is 85.6 Å². The van der Waals surface area contributed by atoms with E-state index in [9.17, 15) is 33.9 Å². The molecule has 0 fully saturated rings. The van der Waals surface area contributed by atoms with Crippen LogP contribution in [0, 0.1) is 0 Å². The molecular weight excluding hydrogens is 1500 g/mol. The molecular formula is C74H56Cl7N9O15. The van der Waals surface area contributed by atoms with Crippen molar-refractivity contribution in [1.29, 1.82) is 0 Å². The average Bonchev–Trinajstić information content (AvgIpc) is 1.71. The number of H-pyrrole nitrogens is 1. The van der Waals surface area contributed by atoms with Gasteiger partial charge in [-0.2, -0.15) is 0 Å². The molecule has 3 heterocycles. The minimum absolute atomic E-state index is 0.0463. The highest BCUT2D eigenvalue weighted by molar-refractivity contribution is 6.43. The molecule has 24 nitrogen and oxygen atoms in total. The number of aromatic amines is 1. The van der Waals surface area contributed by atoms with E-state index in [0.29, 0.717) is 20.8 Å². The Hall–Kier alpha value is -11.4. The summed E-state index contributed by atoms with van der Waals surface area (Å²) in [6, 6.07) is 71.3. The van der Waals surface area contributed by atoms with E-state index in [1.807, 2.05) is 182 Å². The first-order valence-electron chi connectivity index (χ1n) is 30.8. The van der Waals surface area contributed by atoms with Gasteiger partial charge in [-0.15, -0.1) is 0 Å². The molecule has 0 aliphatic heterocycles. The molecule has 0 amide bonds. The lowest BCUT2D eigenvalue weighted by molar-refractivity contribution is -0.150. The summed E-state index contributed by atoms with van der Waals surface area (Å²) in [5.74, 6) is -4.09. The van der Waals surface area contributed by atoms with Gasteiger partial charge >= 0.3 is 35.8 Å². The van der Waals surface area contributed by atoms with Crippen LogP contribution in [0.25, 0.3) is 0 Å². The third-order valence-electron chi connectivity index (χ3n) is 14.7. The van der Waals surface area contributed by atoms with Gasteiger partial charge in [0.05, 0.1) is 30.1 Å². The van der Waals surface area contributed by atoms with E-state index in [0.717, 1.165) is 33.4 Å². The largest absolute Gasteiger partial charge is 0.476 e. The van der Waals surface area contributed by atoms with Gasteiger partial charge in [0.15, 0.2) is 6.07 Å². The molecule has 105 heavy (non-hydrogen) atoms. The van der Waals surface area contributed by atoms with Crippen LogP contribution >= 0.6 is 81.2 Å². The predicted molar refractivity (Wildman–Crippen MR) is 389 cm³/mol. The normalized spacial score (nSPS) is 10.8. The van der Waals surface area contributed by atoms with Crippen LogP contribution in [-0.4, -0.2) is 106 Å². The van der Waals surface area contributed by atoms with Crippen molar-refractivity contribution in [2.45, 2.75) is 31.8 Å². The topological polar surface area (TPSA) is 299 Å². The lowest BCUT2D eigenvalue weighted by atomic mass is 9.77. The van der Waals surface area contributed by atoms with E-state index in [2.05, 4.69) is 45.5 Å². The molecule has 31 heteroatoms. The average molecular weight is 1560 g/mol. The molecule has 0 atom stereocenters. The van der Waals surface area contributed by atoms with Crippen LogP contribution in [-0.2, 0) is 49.1 Å². The summed E-state index contributed by atoms with van der Waals surface area (Å²) in [7, 11) is 0. The Kier molecular flexibility index (Phi) is 27.6. The van der Waals surface area contributed by atoms with E-state index < -0.39 is 54.5 Å². The standard InChI is InChI=1S/C31H23Cl2N3O5.C28H19Cl2N3O3.C12H9Cl2N3O5.C3H5ClO2/c1-21(37)39-20-40-30(38)28-29(41-25-17-18-26(32)27(33)19-25)34-35-36(28)31(22-11-5-2-6-12-22,23-13-7-3-8-14-23)24-15-9-4-10-16-24;29-23-17-16-22(18-24(23)30)36-26-25(27(34)35)33(32-31-26)28(19-10-4-1-5-11-19,20-12-6-2-7-13-20)21-14-8-3-9-15-21;1-6(18)20-5-21-12(19)10-11(16-17-15-10)22-7-2-3-8(13)9(14)4-7;1-3(5)6-2-4/h2-19H,20H2,1H3;1-18H,(H,34,35);2-4H,5H2,1H3,(H,15,16,17);2H2,1H3. The number of alkyl halides is 1. The van der Waals surface area contributed by atoms with Gasteiger partial charge in [0, 0.05) is 39.0 Å². The number of esters is 5. The highest BCUT2D eigenvalue weighted by atomic mass is 35.5. The van der Waals surface area contributed by atoms with Crippen molar-refractivity contribution in [2.75, 3.05) is 19.7 Å². The van der Waals surface area contributed by atoms with Crippen LogP contribution in [0.3, 0.4) is 0 Å². The molecule has 9 aromatic carbocycles. The lowest BCUT2D eigenvalue weighted by Gasteiger charge is -2.36. The van der Waals surface area contributed by atoms with Crippen molar-refractivity contribution in [3.8, 4) is 34.9 Å². The van der Waals surface area contributed by atoms with Crippen molar-refractivity contribution >= 4 is 117 Å². The monoisotopic (exact) mass is 1560 g/mol. The number of nitrogens with zero attached hydrogens (tertiary/aromatic N) is 8. The first-order valence-corrected chi connectivity index (χ1v) is 33.6. The van der Waals surface area contributed by atoms with Gasteiger partial charge in [0.1, 0.15) is 28.3 Å². The molecule has 0 bridgehead atoms. The van der Waals surface area contributed by atoms with Crippen molar-refractivity contribution < 1.29 is 71.8 Å². The summed E-state index contributed by atoms with van der Waals surface area (Å²) >= 11 is 41.0.